The molecule has 21 heavy (non-hydrogen) atoms. The van der Waals surface area contributed by atoms with Crippen LogP contribution in [0.15, 0.2) is 39.3 Å². The third-order valence-corrected chi connectivity index (χ3v) is 4.40. The largest absolute Gasteiger partial charge is 0.271 e. The van der Waals surface area contributed by atoms with Crippen LogP contribution >= 0.6 is 31.9 Å². The topological polar surface area (TPSA) is 38.0 Å². The minimum Gasteiger partial charge on any atom is -0.271 e. The number of hydrogen-bond acceptors (Lipinski definition) is 2. The van der Waals surface area contributed by atoms with Crippen molar-refractivity contribution in [3.8, 4) is 0 Å². The lowest BCUT2D eigenvalue weighted by Crippen LogP contribution is -2.31. The lowest BCUT2D eigenvalue weighted by molar-refractivity contribution is 0.478. The highest BCUT2D eigenvalue weighted by Gasteiger charge is 2.22. The normalized spacial score (nSPS) is 12.5. The fraction of sp³-hybridized carbons (Fsp3) is 0.143. The summed E-state index contributed by atoms with van der Waals surface area (Å²) in [6, 6.07) is 6.06. The first kappa shape index (κ1) is 16.5. The summed E-state index contributed by atoms with van der Waals surface area (Å²) in [5.74, 6) is 3.50. The number of rotatable bonds is 4. The van der Waals surface area contributed by atoms with Crippen molar-refractivity contribution in [3.05, 3.63) is 67.9 Å². The van der Waals surface area contributed by atoms with E-state index in [1.165, 1.54) is 18.2 Å². The molecule has 3 N–H and O–H groups in total. The molecule has 0 aromatic heterocycles. The van der Waals surface area contributed by atoms with Gasteiger partial charge in [-0.2, -0.15) is 0 Å². The Morgan fingerprint density at radius 3 is 2.33 bits per heavy atom. The third-order valence-electron chi connectivity index (χ3n) is 3.10. The Kier molecular flexibility index (Phi) is 5.43. The number of hydrogen-bond donors (Lipinski definition) is 2. The highest BCUT2D eigenvalue weighted by atomic mass is 79.9. The van der Waals surface area contributed by atoms with E-state index in [0.29, 0.717) is 4.47 Å². The zero-order valence-electron chi connectivity index (χ0n) is 10.6. The highest BCUT2D eigenvalue weighted by Crippen LogP contribution is 2.31. The summed E-state index contributed by atoms with van der Waals surface area (Å²) in [6.45, 7) is 0. The summed E-state index contributed by atoms with van der Waals surface area (Å²) in [7, 11) is 0. The van der Waals surface area contributed by atoms with Crippen molar-refractivity contribution in [1.82, 2.24) is 5.43 Å². The monoisotopic (exact) mass is 422 g/mol. The SMILES string of the molecule is NNC(Cc1c(F)ccc(Br)c1F)c1c(F)cccc1Br. The second-order valence-corrected chi connectivity index (χ2v) is 6.09. The van der Waals surface area contributed by atoms with Gasteiger partial charge >= 0.3 is 0 Å². The van der Waals surface area contributed by atoms with E-state index in [1.54, 1.807) is 6.07 Å². The standard InChI is InChI=1S/C14H11Br2F3N2/c15-8-2-1-3-11(18)13(8)12(21-20)6-7-10(17)5-4-9(16)14(7)19/h1-5,12,21H,6,20H2. The van der Waals surface area contributed by atoms with Gasteiger partial charge in [-0.3, -0.25) is 11.3 Å². The lowest BCUT2D eigenvalue weighted by atomic mass is 9.98. The van der Waals surface area contributed by atoms with E-state index in [2.05, 4.69) is 37.3 Å². The highest BCUT2D eigenvalue weighted by molar-refractivity contribution is 9.10. The van der Waals surface area contributed by atoms with Gasteiger partial charge in [0.25, 0.3) is 0 Å². The fourth-order valence-electron chi connectivity index (χ4n) is 2.05. The Labute approximate surface area is 136 Å². The molecule has 1 unspecified atom stereocenters. The molecular formula is C14H11Br2F3N2. The summed E-state index contributed by atoms with van der Waals surface area (Å²) >= 11 is 6.22. The van der Waals surface area contributed by atoms with Crippen molar-refractivity contribution < 1.29 is 13.2 Å². The fourth-order valence-corrected chi connectivity index (χ4v) is 3.04. The van der Waals surface area contributed by atoms with E-state index in [0.717, 1.165) is 6.07 Å². The summed E-state index contributed by atoms with van der Waals surface area (Å²) in [5, 5.41) is 0. The first-order valence-electron chi connectivity index (χ1n) is 5.98. The molecule has 0 bridgehead atoms. The molecule has 0 amide bonds. The molecule has 0 saturated heterocycles. The first-order chi connectivity index (χ1) is 9.95. The maximum atomic E-state index is 14.0. The predicted molar refractivity (Wildman–Crippen MR) is 81.9 cm³/mol. The second-order valence-electron chi connectivity index (χ2n) is 4.38. The van der Waals surface area contributed by atoms with Gasteiger partial charge in [0.2, 0.25) is 0 Å². The molecule has 0 heterocycles. The van der Waals surface area contributed by atoms with Crippen molar-refractivity contribution in [2.24, 2.45) is 5.84 Å². The van der Waals surface area contributed by atoms with Crippen LogP contribution in [0.4, 0.5) is 13.2 Å². The molecule has 0 radical (unpaired) electrons. The molecule has 2 aromatic carbocycles. The number of nitrogens with one attached hydrogen (secondary N) is 1. The number of halogens is 5. The lowest BCUT2D eigenvalue weighted by Gasteiger charge is -2.19. The Balaban J connectivity index is 2.43. The number of nitrogens with two attached hydrogens (primary N) is 1. The van der Waals surface area contributed by atoms with Crippen molar-refractivity contribution >= 4 is 31.9 Å². The zero-order chi connectivity index (χ0) is 15.6. The Bertz CT molecular complexity index is 645. The van der Waals surface area contributed by atoms with Crippen molar-refractivity contribution in [2.75, 3.05) is 0 Å². The van der Waals surface area contributed by atoms with E-state index >= 15 is 0 Å². The van der Waals surface area contributed by atoms with Crippen molar-refractivity contribution in [3.63, 3.8) is 0 Å². The Morgan fingerprint density at radius 2 is 1.71 bits per heavy atom. The number of hydrazine groups is 1. The van der Waals surface area contributed by atoms with Crippen LogP contribution in [0.25, 0.3) is 0 Å². The van der Waals surface area contributed by atoms with Crippen LogP contribution in [0.3, 0.4) is 0 Å². The van der Waals surface area contributed by atoms with Crippen LogP contribution in [0.2, 0.25) is 0 Å². The molecule has 0 aliphatic carbocycles. The summed E-state index contributed by atoms with van der Waals surface area (Å²) in [6.07, 6.45) is -0.132. The van der Waals surface area contributed by atoms with Crippen LogP contribution in [-0.4, -0.2) is 0 Å². The van der Waals surface area contributed by atoms with Gasteiger partial charge in [-0.15, -0.1) is 0 Å². The second kappa shape index (κ2) is 6.91. The van der Waals surface area contributed by atoms with Crippen LogP contribution in [0.1, 0.15) is 17.2 Å². The summed E-state index contributed by atoms with van der Waals surface area (Å²) in [4.78, 5) is 0. The average Bonchev–Trinajstić information content (AvgIpc) is 2.45. The van der Waals surface area contributed by atoms with Crippen molar-refractivity contribution in [2.45, 2.75) is 12.5 Å². The van der Waals surface area contributed by atoms with Crippen LogP contribution in [0.5, 0.6) is 0 Å². The van der Waals surface area contributed by atoms with E-state index < -0.39 is 23.5 Å². The van der Waals surface area contributed by atoms with Gasteiger partial charge in [0.05, 0.1) is 10.5 Å². The minimum atomic E-state index is -0.779. The van der Waals surface area contributed by atoms with Gasteiger partial charge in [0.15, 0.2) is 0 Å². The van der Waals surface area contributed by atoms with E-state index in [9.17, 15) is 13.2 Å². The van der Waals surface area contributed by atoms with Gasteiger partial charge in [0, 0.05) is 15.6 Å². The van der Waals surface area contributed by atoms with Gasteiger partial charge in [-0.25, -0.2) is 13.2 Å². The smallest absolute Gasteiger partial charge is 0.143 e. The maximum absolute atomic E-state index is 14.0. The van der Waals surface area contributed by atoms with E-state index in [-0.39, 0.29) is 22.0 Å². The molecule has 0 aliphatic heterocycles. The van der Waals surface area contributed by atoms with Gasteiger partial charge < -0.3 is 0 Å². The molecule has 0 spiro atoms. The molecule has 0 aliphatic rings. The minimum absolute atomic E-state index is 0.132. The number of benzene rings is 2. The van der Waals surface area contributed by atoms with Gasteiger partial charge in [-0.1, -0.05) is 22.0 Å². The molecule has 2 aromatic rings. The van der Waals surface area contributed by atoms with E-state index in [4.69, 9.17) is 5.84 Å². The van der Waals surface area contributed by atoms with Crippen LogP contribution in [-0.2, 0) is 6.42 Å². The molecule has 2 nitrogen and oxygen atoms in total. The van der Waals surface area contributed by atoms with Crippen LogP contribution in [0, 0.1) is 17.5 Å². The predicted octanol–water partition coefficient (Wildman–Crippen LogP) is 4.38. The van der Waals surface area contributed by atoms with E-state index in [1.807, 2.05) is 0 Å². The molecular weight excluding hydrogens is 413 g/mol. The van der Waals surface area contributed by atoms with Gasteiger partial charge in [0.1, 0.15) is 17.5 Å². The summed E-state index contributed by atoms with van der Waals surface area (Å²) in [5.41, 5.74) is 2.46. The summed E-state index contributed by atoms with van der Waals surface area (Å²) < 4.78 is 42.4. The Morgan fingerprint density at radius 1 is 1.00 bits per heavy atom. The molecule has 112 valence electrons. The van der Waals surface area contributed by atoms with Crippen LogP contribution < -0.4 is 11.3 Å². The maximum Gasteiger partial charge on any atom is 0.143 e. The zero-order valence-corrected chi connectivity index (χ0v) is 13.8. The van der Waals surface area contributed by atoms with Crippen molar-refractivity contribution in [1.29, 1.82) is 0 Å². The first-order valence-corrected chi connectivity index (χ1v) is 7.56. The molecule has 0 fully saturated rings. The molecule has 2 rings (SSSR count). The molecule has 0 saturated carbocycles. The quantitative estimate of drug-likeness (QED) is 0.435. The van der Waals surface area contributed by atoms with Gasteiger partial charge in [-0.05, 0) is 46.6 Å². The third kappa shape index (κ3) is 3.48. The molecule has 7 heteroatoms. The Hall–Kier alpha value is -0.890. The molecule has 1 atom stereocenters. The average molecular weight is 424 g/mol.